The van der Waals surface area contributed by atoms with Crippen LogP contribution in [0.15, 0.2) is 12.3 Å². The first kappa shape index (κ1) is 27.3. The first-order chi connectivity index (χ1) is 17.4. The molecule has 0 radical (unpaired) electrons. The average Bonchev–Trinajstić information content (AvgIpc) is 3.27. The quantitative estimate of drug-likeness (QED) is 0.332. The van der Waals surface area contributed by atoms with Gasteiger partial charge in [-0.15, -0.1) is 11.3 Å². The van der Waals surface area contributed by atoms with Crippen molar-refractivity contribution in [3.8, 4) is 10.4 Å². The summed E-state index contributed by atoms with van der Waals surface area (Å²) in [4.78, 5) is 34.8. The van der Waals surface area contributed by atoms with Crippen molar-refractivity contribution in [3.63, 3.8) is 0 Å². The zero-order chi connectivity index (χ0) is 26.8. The summed E-state index contributed by atoms with van der Waals surface area (Å²) in [5.74, 6) is -0.782. The van der Waals surface area contributed by atoms with Gasteiger partial charge in [0.15, 0.2) is 5.01 Å². The highest BCUT2D eigenvalue weighted by Crippen LogP contribution is 2.39. The second-order valence-electron chi connectivity index (χ2n) is 10.7. The molecule has 1 aliphatic heterocycles. The number of hydrogen-bond acceptors (Lipinski definition) is 8. The fourth-order valence-electron chi connectivity index (χ4n) is 4.40. The van der Waals surface area contributed by atoms with Crippen LogP contribution in [0.3, 0.4) is 0 Å². The first-order valence-corrected chi connectivity index (χ1v) is 13.4. The SMILES string of the molecule is CC(C)(O)CNC(=O)c1nc(C(=O)NC2CCNCC2)c(-c2cnc(NC3(C)CCC3)cc2C(F)F)s1. The molecule has 1 aliphatic carbocycles. The Labute approximate surface area is 218 Å². The molecule has 2 aliphatic rings. The Balaban J connectivity index is 1.69. The van der Waals surface area contributed by atoms with Crippen LogP contribution in [-0.4, -0.2) is 63.7 Å². The summed E-state index contributed by atoms with van der Waals surface area (Å²) in [6.45, 7) is 6.58. The summed E-state index contributed by atoms with van der Waals surface area (Å²) >= 11 is 0.856. The zero-order valence-corrected chi connectivity index (χ0v) is 22.1. The number of thiazole rings is 1. The third-order valence-electron chi connectivity index (χ3n) is 6.70. The lowest BCUT2D eigenvalue weighted by Gasteiger charge is -2.39. The van der Waals surface area contributed by atoms with Crippen LogP contribution >= 0.6 is 11.3 Å². The van der Waals surface area contributed by atoms with Crippen LogP contribution in [0.25, 0.3) is 10.4 Å². The van der Waals surface area contributed by atoms with Crippen LogP contribution in [0, 0.1) is 0 Å². The van der Waals surface area contributed by atoms with Gasteiger partial charge >= 0.3 is 0 Å². The van der Waals surface area contributed by atoms with Crippen molar-refractivity contribution in [2.24, 2.45) is 0 Å². The van der Waals surface area contributed by atoms with Crippen LogP contribution in [0.5, 0.6) is 0 Å². The van der Waals surface area contributed by atoms with Crippen LogP contribution in [0.2, 0.25) is 0 Å². The van der Waals surface area contributed by atoms with Crippen LogP contribution in [-0.2, 0) is 0 Å². The minimum Gasteiger partial charge on any atom is -0.389 e. The van der Waals surface area contributed by atoms with Crippen LogP contribution in [0.4, 0.5) is 14.6 Å². The van der Waals surface area contributed by atoms with Crippen molar-refractivity contribution in [1.82, 2.24) is 25.9 Å². The summed E-state index contributed by atoms with van der Waals surface area (Å²) in [5.41, 5.74) is -1.65. The number of hydrogen-bond donors (Lipinski definition) is 5. The second kappa shape index (κ2) is 11.0. The molecule has 4 rings (SSSR count). The molecule has 12 heteroatoms. The number of aromatic nitrogens is 2. The maximum absolute atomic E-state index is 14.3. The van der Waals surface area contributed by atoms with Gasteiger partial charge in [-0.2, -0.15) is 0 Å². The molecule has 0 spiro atoms. The van der Waals surface area contributed by atoms with Crippen molar-refractivity contribution in [3.05, 3.63) is 28.5 Å². The molecule has 5 N–H and O–H groups in total. The third-order valence-corrected chi connectivity index (χ3v) is 7.78. The van der Waals surface area contributed by atoms with Gasteiger partial charge in [0.1, 0.15) is 11.5 Å². The number of carbonyl (C=O) groups is 2. The number of alkyl halides is 2. The monoisotopic (exact) mass is 536 g/mol. The Kier molecular flexibility index (Phi) is 8.10. The molecule has 9 nitrogen and oxygen atoms in total. The Bertz CT molecular complexity index is 1140. The molecule has 1 saturated heterocycles. The fourth-order valence-corrected chi connectivity index (χ4v) is 5.41. The number of halogens is 2. The minimum absolute atomic E-state index is 0.0413. The number of nitrogens with one attached hydrogen (secondary N) is 4. The highest BCUT2D eigenvalue weighted by Gasteiger charge is 2.33. The second-order valence-corrected chi connectivity index (χ2v) is 11.7. The molecule has 0 aromatic carbocycles. The van der Waals surface area contributed by atoms with E-state index in [1.165, 1.54) is 12.3 Å². The standard InChI is InChI=1S/C25H34F2N6O3S/c1-24(2,36)13-30-22(35)23-32-18(21(34)31-14-5-9-28-10-6-14)19(37-23)16-12-29-17(11-15(16)20(26)27)33-25(3)7-4-8-25/h11-12,14,20,28,36H,4-10,13H2,1-3H3,(H,29,33)(H,30,35)(H,31,34). The molecule has 1 saturated carbocycles. The van der Waals surface area contributed by atoms with Gasteiger partial charge in [0.25, 0.3) is 18.2 Å². The Morgan fingerprint density at radius 3 is 2.57 bits per heavy atom. The van der Waals surface area contributed by atoms with Crippen molar-refractivity contribution >= 4 is 29.0 Å². The Morgan fingerprint density at radius 1 is 1.27 bits per heavy atom. The highest BCUT2D eigenvalue weighted by molar-refractivity contribution is 7.17. The fraction of sp³-hybridized carbons (Fsp3) is 0.600. The molecule has 2 amide bonds. The maximum Gasteiger partial charge on any atom is 0.280 e. The number of amides is 2. The third kappa shape index (κ3) is 6.79. The molecule has 2 aromatic rings. The lowest BCUT2D eigenvalue weighted by Crippen LogP contribution is -2.43. The molecule has 2 fully saturated rings. The van der Waals surface area contributed by atoms with E-state index in [-0.39, 0.29) is 44.8 Å². The van der Waals surface area contributed by atoms with Gasteiger partial charge < -0.3 is 26.4 Å². The van der Waals surface area contributed by atoms with E-state index in [9.17, 15) is 23.5 Å². The van der Waals surface area contributed by atoms with Gasteiger partial charge in [-0.25, -0.2) is 18.7 Å². The molecule has 0 unspecified atom stereocenters. The zero-order valence-electron chi connectivity index (χ0n) is 21.3. The van der Waals surface area contributed by atoms with Crippen molar-refractivity contribution in [2.75, 3.05) is 25.0 Å². The van der Waals surface area contributed by atoms with E-state index in [1.54, 1.807) is 13.8 Å². The molecule has 202 valence electrons. The molecule has 3 heterocycles. The summed E-state index contributed by atoms with van der Waals surface area (Å²) in [5, 5.41) is 21.9. The van der Waals surface area contributed by atoms with E-state index >= 15 is 0 Å². The van der Waals surface area contributed by atoms with Gasteiger partial charge in [-0.1, -0.05) is 0 Å². The predicted octanol–water partition coefficient (Wildman–Crippen LogP) is 3.48. The number of anilines is 1. The molecule has 0 atom stereocenters. The predicted molar refractivity (Wildman–Crippen MR) is 138 cm³/mol. The van der Waals surface area contributed by atoms with E-state index in [0.717, 1.165) is 56.5 Å². The van der Waals surface area contributed by atoms with E-state index in [0.29, 0.717) is 5.82 Å². The molecular formula is C25H34F2N6O3S. The van der Waals surface area contributed by atoms with E-state index in [1.807, 2.05) is 6.92 Å². The molecule has 0 bridgehead atoms. The number of piperidine rings is 1. The van der Waals surface area contributed by atoms with Crippen molar-refractivity contribution < 1.29 is 23.5 Å². The molecule has 37 heavy (non-hydrogen) atoms. The lowest BCUT2D eigenvalue weighted by molar-refractivity contribution is 0.0694. The van der Waals surface area contributed by atoms with Crippen LogP contribution in [0.1, 0.15) is 85.2 Å². The summed E-state index contributed by atoms with van der Waals surface area (Å²) in [6.07, 6.45) is 2.87. The normalized spacial score (nSPS) is 17.8. The number of carbonyl (C=O) groups excluding carboxylic acids is 2. The van der Waals surface area contributed by atoms with Gasteiger partial charge in [0, 0.05) is 35.4 Å². The van der Waals surface area contributed by atoms with Crippen molar-refractivity contribution in [2.45, 2.75) is 76.5 Å². The van der Waals surface area contributed by atoms with E-state index < -0.39 is 23.8 Å². The number of rotatable bonds is 9. The van der Waals surface area contributed by atoms with E-state index in [4.69, 9.17) is 0 Å². The van der Waals surface area contributed by atoms with Gasteiger partial charge in [-0.3, -0.25) is 9.59 Å². The topological polar surface area (TPSA) is 128 Å². The molecule has 2 aromatic heterocycles. The number of pyridine rings is 1. The minimum atomic E-state index is -2.83. The number of nitrogens with zero attached hydrogens (tertiary/aromatic N) is 2. The Morgan fingerprint density at radius 2 is 1.97 bits per heavy atom. The largest absolute Gasteiger partial charge is 0.389 e. The van der Waals surface area contributed by atoms with Gasteiger partial charge in [0.2, 0.25) is 0 Å². The van der Waals surface area contributed by atoms with Crippen LogP contribution < -0.4 is 21.3 Å². The Hall–Kier alpha value is -2.70. The highest BCUT2D eigenvalue weighted by atomic mass is 32.1. The maximum atomic E-state index is 14.3. The molecular weight excluding hydrogens is 502 g/mol. The average molecular weight is 537 g/mol. The first-order valence-electron chi connectivity index (χ1n) is 12.5. The van der Waals surface area contributed by atoms with Gasteiger partial charge in [0.05, 0.1) is 10.5 Å². The van der Waals surface area contributed by atoms with E-state index in [2.05, 4.69) is 31.2 Å². The summed E-state index contributed by atoms with van der Waals surface area (Å²) < 4.78 is 28.5. The lowest BCUT2D eigenvalue weighted by atomic mass is 9.78. The summed E-state index contributed by atoms with van der Waals surface area (Å²) in [7, 11) is 0. The van der Waals surface area contributed by atoms with Crippen molar-refractivity contribution in [1.29, 1.82) is 0 Å². The summed E-state index contributed by atoms with van der Waals surface area (Å²) in [6, 6.07) is 1.23. The number of aliphatic hydroxyl groups is 1. The van der Waals surface area contributed by atoms with Gasteiger partial charge in [-0.05, 0) is 72.0 Å². The smallest absolute Gasteiger partial charge is 0.280 e.